The van der Waals surface area contributed by atoms with Gasteiger partial charge in [-0.15, -0.1) is 0 Å². The molecule has 1 aliphatic heterocycles. The highest BCUT2D eigenvalue weighted by Crippen LogP contribution is 2.36. The Hall–Kier alpha value is -2.24. The zero-order valence-electron chi connectivity index (χ0n) is 10.5. The molecule has 100 valence electrons. The van der Waals surface area contributed by atoms with Crippen LogP contribution in [0.15, 0.2) is 24.3 Å². The lowest BCUT2D eigenvalue weighted by Crippen LogP contribution is -2.51. The largest absolute Gasteiger partial charge is 0.296 e. The van der Waals surface area contributed by atoms with Gasteiger partial charge >= 0.3 is 0 Å². The highest BCUT2D eigenvalue weighted by Gasteiger charge is 2.43. The van der Waals surface area contributed by atoms with Crippen LogP contribution in [0.3, 0.4) is 0 Å². The summed E-state index contributed by atoms with van der Waals surface area (Å²) in [7, 11) is 0. The third kappa shape index (κ3) is 2.21. The van der Waals surface area contributed by atoms with Gasteiger partial charge in [-0.1, -0.05) is 19.1 Å². The highest BCUT2D eigenvalue weighted by molar-refractivity contribution is 6.03. The quantitative estimate of drug-likeness (QED) is 0.510. The summed E-state index contributed by atoms with van der Waals surface area (Å²) >= 11 is 0. The molecule has 1 atom stereocenters. The van der Waals surface area contributed by atoms with Crippen molar-refractivity contribution >= 4 is 17.5 Å². The third-order valence-corrected chi connectivity index (χ3v) is 3.68. The molecule has 1 aliphatic rings. The van der Waals surface area contributed by atoms with Crippen molar-refractivity contribution in [2.45, 2.75) is 31.6 Å². The van der Waals surface area contributed by atoms with Crippen LogP contribution in [0.4, 0.5) is 5.69 Å². The van der Waals surface area contributed by atoms with E-state index in [0.29, 0.717) is 18.4 Å². The topological polar surface area (TPSA) is 89.3 Å². The molecule has 6 nitrogen and oxygen atoms in total. The van der Waals surface area contributed by atoms with Crippen LogP contribution in [0.25, 0.3) is 0 Å². The van der Waals surface area contributed by atoms with E-state index in [-0.39, 0.29) is 23.9 Å². The number of amides is 2. The normalized spacial score (nSPS) is 23.0. The summed E-state index contributed by atoms with van der Waals surface area (Å²) in [5.41, 5.74) is -0.302. The van der Waals surface area contributed by atoms with Crippen molar-refractivity contribution in [3.63, 3.8) is 0 Å². The smallest absolute Gasteiger partial charge is 0.269 e. The second-order valence-corrected chi connectivity index (χ2v) is 4.62. The van der Waals surface area contributed by atoms with Gasteiger partial charge in [0.05, 0.1) is 10.3 Å². The molecule has 19 heavy (non-hydrogen) atoms. The summed E-state index contributed by atoms with van der Waals surface area (Å²) in [5.74, 6) is -0.661. The van der Waals surface area contributed by atoms with Gasteiger partial charge in [-0.25, -0.2) is 0 Å². The summed E-state index contributed by atoms with van der Waals surface area (Å²) in [6.07, 6.45) is 1.13. The number of nitro groups is 1. The fourth-order valence-electron chi connectivity index (χ4n) is 2.48. The predicted molar refractivity (Wildman–Crippen MR) is 67.4 cm³/mol. The highest BCUT2D eigenvalue weighted by atomic mass is 16.6. The molecule has 2 rings (SSSR count). The molecule has 0 spiro atoms. The first kappa shape index (κ1) is 13.2. The molecule has 6 heteroatoms. The SMILES string of the molecule is CC[C@]1(c2cccc([N+](=O)[O-])c2)CCC(=O)NC1=O. The summed E-state index contributed by atoms with van der Waals surface area (Å²) in [6, 6.07) is 6.07. The molecule has 1 heterocycles. The molecule has 2 amide bonds. The molecule has 0 radical (unpaired) electrons. The number of hydrogen-bond acceptors (Lipinski definition) is 4. The number of nitro benzene ring substituents is 1. The van der Waals surface area contributed by atoms with E-state index in [2.05, 4.69) is 5.32 Å². The Balaban J connectivity index is 2.47. The van der Waals surface area contributed by atoms with Crippen molar-refractivity contribution < 1.29 is 14.5 Å². The van der Waals surface area contributed by atoms with Crippen molar-refractivity contribution in [3.05, 3.63) is 39.9 Å². The van der Waals surface area contributed by atoms with Gasteiger partial charge in [0.2, 0.25) is 11.8 Å². The number of nitrogens with one attached hydrogen (secondary N) is 1. The van der Waals surface area contributed by atoms with Gasteiger partial charge in [-0.2, -0.15) is 0 Å². The van der Waals surface area contributed by atoms with E-state index in [9.17, 15) is 19.7 Å². The molecule has 1 aromatic rings. The monoisotopic (exact) mass is 262 g/mol. The Bertz CT molecular complexity index is 555. The van der Waals surface area contributed by atoms with Gasteiger partial charge in [-0.05, 0) is 18.4 Å². The average molecular weight is 262 g/mol. The minimum atomic E-state index is -0.847. The molecule has 1 aromatic carbocycles. The summed E-state index contributed by atoms with van der Waals surface area (Å²) < 4.78 is 0. The zero-order valence-corrected chi connectivity index (χ0v) is 10.5. The van der Waals surface area contributed by atoms with Gasteiger partial charge in [0, 0.05) is 18.6 Å². The number of imide groups is 1. The van der Waals surface area contributed by atoms with Crippen molar-refractivity contribution in [1.82, 2.24) is 5.32 Å². The van der Waals surface area contributed by atoms with Gasteiger partial charge in [0.25, 0.3) is 5.69 Å². The maximum atomic E-state index is 12.1. The number of non-ortho nitro benzene ring substituents is 1. The molecule has 0 bridgehead atoms. The van der Waals surface area contributed by atoms with E-state index >= 15 is 0 Å². The zero-order chi connectivity index (χ0) is 14.0. The fourth-order valence-corrected chi connectivity index (χ4v) is 2.48. The number of hydrogen-bond donors (Lipinski definition) is 1. The number of benzene rings is 1. The molecule has 1 fully saturated rings. The van der Waals surface area contributed by atoms with Crippen molar-refractivity contribution in [2.75, 3.05) is 0 Å². The van der Waals surface area contributed by atoms with Crippen LogP contribution >= 0.6 is 0 Å². The molecular weight excluding hydrogens is 248 g/mol. The van der Waals surface area contributed by atoms with E-state index in [1.165, 1.54) is 12.1 Å². The van der Waals surface area contributed by atoms with E-state index in [1.54, 1.807) is 12.1 Å². The Labute approximate surface area is 110 Å². The molecule has 0 saturated carbocycles. The van der Waals surface area contributed by atoms with Crippen LogP contribution in [0.1, 0.15) is 31.7 Å². The summed E-state index contributed by atoms with van der Waals surface area (Å²) in [4.78, 5) is 33.7. The van der Waals surface area contributed by atoms with Gasteiger partial charge in [0.15, 0.2) is 0 Å². The van der Waals surface area contributed by atoms with Crippen molar-refractivity contribution in [1.29, 1.82) is 0 Å². The lowest BCUT2D eigenvalue weighted by Gasteiger charge is -2.34. The Morgan fingerprint density at radius 1 is 1.42 bits per heavy atom. The van der Waals surface area contributed by atoms with E-state index in [1.807, 2.05) is 6.92 Å². The maximum absolute atomic E-state index is 12.1. The van der Waals surface area contributed by atoms with E-state index < -0.39 is 10.3 Å². The van der Waals surface area contributed by atoms with Gasteiger partial charge in [0.1, 0.15) is 0 Å². The summed E-state index contributed by atoms with van der Waals surface area (Å²) in [5, 5.41) is 13.1. The van der Waals surface area contributed by atoms with Crippen LogP contribution in [0.5, 0.6) is 0 Å². The Morgan fingerprint density at radius 3 is 2.74 bits per heavy atom. The standard InChI is InChI=1S/C13H14N2O4/c1-2-13(7-6-11(16)14-12(13)17)9-4-3-5-10(8-9)15(18)19/h3-5,8H,2,6-7H2,1H3,(H,14,16,17)/t13-/m1/s1. The number of carbonyl (C=O) groups is 2. The number of carbonyl (C=O) groups excluding carboxylic acids is 2. The first-order valence-corrected chi connectivity index (χ1v) is 6.09. The molecule has 0 aromatic heterocycles. The van der Waals surface area contributed by atoms with E-state index in [4.69, 9.17) is 0 Å². The molecular formula is C13H14N2O4. The van der Waals surface area contributed by atoms with Crippen LogP contribution in [-0.2, 0) is 15.0 Å². The Morgan fingerprint density at radius 2 is 2.16 bits per heavy atom. The molecule has 1 saturated heterocycles. The first-order chi connectivity index (χ1) is 8.99. The van der Waals surface area contributed by atoms with E-state index in [0.717, 1.165) is 0 Å². The van der Waals surface area contributed by atoms with Crippen LogP contribution in [0, 0.1) is 10.1 Å². The second-order valence-electron chi connectivity index (χ2n) is 4.62. The third-order valence-electron chi connectivity index (χ3n) is 3.68. The number of piperidine rings is 1. The predicted octanol–water partition coefficient (Wildman–Crippen LogP) is 1.68. The number of rotatable bonds is 3. The maximum Gasteiger partial charge on any atom is 0.269 e. The lowest BCUT2D eigenvalue weighted by atomic mass is 9.72. The summed E-state index contributed by atoms with van der Waals surface area (Å²) in [6.45, 7) is 1.84. The van der Waals surface area contributed by atoms with Crippen molar-refractivity contribution in [3.8, 4) is 0 Å². The number of nitrogens with zero attached hydrogens (tertiary/aromatic N) is 1. The van der Waals surface area contributed by atoms with Crippen LogP contribution in [-0.4, -0.2) is 16.7 Å². The Kier molecular flexibility index (Phi) is 3.33. The van der Waals surface area contributed by atoms with Gasteiger partial charge in [-0.3, -0.25) is 25.0 Å². The second kappa shape index (κ2) is 4.79. The van der Waals surface area contributed by atoms with Crippen LogP contribution in [0.2, 0.25) is 0 Å². The van der Waals surface area contributed by atoms with Crippen LogP contribution < -0.4 is 5.32 Å². The first-order valence-electron chi connectivity index (χ1n) is 6.09. The van der Waals surface area contributed by atoms with Crippen molar-refractivity contribution in [2.24, 2.45) is 0 Å². The fraction of sp³-hybridized carbons (Fsp3) is 0.385. The molecule has 1 N–H and O–H groups in total. The average Bonchev–Trinajstić information content (AvgIpc) is 2.39. The molecule has 0 aliphatic carbocycles. The lowest BCUT2D eigenvalue weighted by molar-refractivity contribution is -0.385. The minimum absolute atomic E-state index is 0.0463. The van der Waals surface area contributed by atoms with Gasteiger partial charge < -0.3 is 0 Å². The minimum Gasteiger partial charge on any atom is -0.296 e. The molecule has 0 unspecified atom stereocenters.